The number of hydrogen-bond donors (Lipinski definition) is 1. The zero-order valence-electron chi connectivity index (χ0n) is 7.86. The Morgan fingerprint density at radius 1 is 1.60 bits per heavy atom. The van der Waals surface area contributed by atoms with Crippen LogP contribution < -0.4 is 0 Å². The lowest BCUT2D eigenvalue weighted by molar-refractivity contribution is -0.384. The van der Waals surface area contributed by atoms with Crippen LogP contribution >= 0.6 is 11.6 Å². The molecular formula is C9H8ClNO4. The van der Waals surface area contributed by atoms with E-state index in [1.54, 1.807) is 6.92 Å². The van der Waals surface area contributed by atoms with E-state index < -0.39 is 10.9 Å². The third-order valence-electron chi connectivity index (χ3n) is 2.02. The topological polar surface area (TPSA) is 80.4 Å². The summed E-state index contributed by atoms with van der Waals surface area (Å²) in [4.78, 5) is 20.4. The predicted molar refractivity (Wildman–Crippen MR) is 54.2 cm³/mol. The molecule has 1 aromatic rings. The zero-order chi connectivity index (χ0) is 11.6. The highest BCUT2D eigenvalue weighted by atomic mass is 35.5. The van der Waals surface area contributed by atoms with Gasteiger partial charge in [-0.3, -0.25) is 14.9 Å². The van der Waals surface area contributed by atoms with E-state index in [1.807, 2.05) is 0 Å². The highest BCUT2D eigenvalue weighted by Gasteiger charge is 2.17. The molecule has 0 saturated carbocycles. The van der Waals surface area contributed by atoms with Crippen molar-refractivity contribution in [2.24, 2.45) is 0 Å². The summed E-state index contributed by atoms with van der Waals surface area (Å²) >= 11 is 5.74. The van der Waals surface area contributed by atoms with Crippen molar-refractivity contribution in [3.05, 3.63) is 38.4 Å². The average molecular weight is 230 g/mol. The second-order valence-corrected chi connectivity index (χ2v) is 3.39. The maximum Gasteiger partial charge on any atom is 0.307 e. The number of benzene rings is 1. The number of nitrogens with zero attached hydrogens (tertiary/aromatic N) is 1. The summed E-state index contributed by atoms with van der Waals surface area (Å²) in [5, 5.41) is 19.1. The van der Waals surface area contributed by atoms with Gasteiger partial charge in [0.25, 0.3) is 5.69 Å². The van der Waals surface area contributed by atoms with Gasteiger partial charge in [-0.2, -0.15) is 0 Å². The number of aliphatic carboxylic acids is 1. The Morgan fingerprint density at radius 3 is 2.67 bits per heavy atom. The van der Waals surface area contributed by atoms with E-state index in [9.17, 15) is 14.9 Å². The van der Waals surface area contributed by atoms with Crippen LogP contribution in [0.1, 0.15) is 11.1 Å². The molecule has 0 radical (unpaired) electrons. The number of rotatable bonds is 3. The Labute approximate surface area is 90.4 Å². The van der Waals surface area contributed by atoms with Crippen molar-refractivity contribution in [2.75, 3.05) is 0 Å². The van der Waals surface area contributed by atoms with Crippen LogP contribution in [-0.2, 0) is 11.2 Å². The summed E-state index contributed by atoms with van der Waals surface area (Å²) in [5.74, 6) is -0.997. The number of carboxylic acid groups (broad SMARTS) is 1. The lowest BCUT2D eigenvalue weighted by Gasteiger charge is -2.05. The van der Waals surface area contributed by atoms with Gasteiger partial charge >= 0.3 is 5.97 Å². The highest BCUT2D eigenvalue weighted by Crippen LogP contribution is 2.29. The van der Waals surface area contributed by atoms with E-state index in [1.165, 1.54) is 12.1 Å². The van der Waals surface area contributed by atoms with E-state index >= 15 is 0 Å². The monoisotopic (exact) mass is 229 g/mol. The maximum absolute atomic E-state index is 10.5. The van der Waals surface area contributed by atoms with Crippen LogP contribution in [0.3, 0.4) is 0 Å². The fraction of sp³-hybridized carbons (Fsp3) is 0.222. The van der Waals surface area contributed by atoms with Crippen molar-refractivity contribution in [1.82, 2.24) is 0 Å². The van der Waals surface area contributed by atoms with Gasteiger partial charge in [-0.1, -0.05) is 17.7 Å². The number of hydrogen-bond acceptors (Lipinski definition) is 3. The molecule has 0 aliphatic rings. The number of carboxylic acids is 1. The van der Waals surface area contributed by atoms with Crippen LogP contribution in [0.5, 0.6) is 0 Å². The second-order valence-electron chi connectivity index (χ2n) is 3.01. The molecular weight excluding hydrogens is 222 g/mol. The molecule has 1 aromatic carbocycles. The van der Waals surface area contributed by atoms with Gasteiger partial charge in [0.05, 0.1) is 11.3 Å². The number of nitro benzene ring substituents is 1. The van der Waals surface area contributed by atoms with E-state index in [4.69, 9.17) is 16.7 Å². The fourth-order valence-corrected chi connectivity index (χ4v) is 1.46. The maximum atomic E-state index is 10.5. The van der Waals surface area contributed by atoms with Crippen molar-refractivity contribution in [2.45, 2.75) is 13.3 Å². The van der Waals surface area contributed by atoms with Gasteiger partial charge in [0, 0.05) is 6.07 Å². The Bertz CT molecular complexity index is 430. The quantitative estimate of drug-likeness (QED) is 0.636. The molecule has 1 rings (SSSR count). The fourth-order valence-electron chi connectivity index (χ4n) is 1.21. The Kier molecular flexibility index (Phi) is 3.26. The molecule has 0 bridgehead atoms. The summed E-state index contributed by atoms with van der Waals surface area (Å²) in [6.07, 6.45) is -0.191. The normalized spacial score (nSPS) is 10.0. The van der Waals surface area contributed by atoms with Gasteiger partial charge in [-0.15, -0.1) is 0 Å². The van der Waals surface area contributed by atoms with E-state index in [2.05, 4.69) is 0 Å². The van der Waals surface area contributed by atoms with Crippen molar-refractivity contribution >= 4 is 23.3 Å². The van der Waals surface area contributed by atoms with Crippen molar-refractivity contribution < 1.29 is 14.8 Å². The van der Waals surface area contributed by atoms with E-state index in [0.717, 1.165) is 0 Å². The summed E-state index contributed by atoms with van der Waals surface area (Å²) < 4.78 is 0. The van der Waals surface area contributed by atoms with Gasteiger partial charge < -0.3 is 5.11 Å². The number of carbonyl (C=O) groups is 1. The summed E-state index contributed by atoms with van der Waals surface area (Å²) in [6.45, 7) is 1.56. The highest BCUT2D eigenvalue weighted by molar-refractivity contribution is 6.33. The molecule has 0 aliphatic heterocycles. The minimum absolute atomic E-state index is 0.00116. The Hall–Kier alpha value is -1.62. The largest absolute Gasteiger partial charge is 0.481 e. The van der Waals surface area contributed by atoms with Crippen LogP contribution in [0.2, 0.25) is 5.02 Å². The first kappa shape index (κ1) is 11.5. The average Bonchev–Trinajstić information content (AvgIpc) is 2.12. The molecule has 80 valence electrons. The molecule has 0 unspecified atom stereocenters. The van der Waals surface area contributed by atoms with Crippen LogP contribution in [-0.4, -0.2) is 16.0 Å². The molecule has 0 aromatic heterocycles. The summed E-state index contributed by atoms with van der Waals surface area (Å²) in [6, 6.07) is 2.63. The van der Waals surface area contributed by atoms with E-state index in [0.29, 0.717) is 11.1 Å². The Morgan fingerprint density at radius 2 is 2.20 bits per heavy atom. The smallest absolute Gasteiger partial charge is 0.307 e. The number of halogens is 1. The first-order valence-corrected chi connectivity index (χ1v) is 4.45. The second kappa shape index (κ2) is 4.27. The first-order valence-electron chi connectivity index (χ1n) is 4.07. The standard InChI is InChI=1S/C9H8ClNO4/c1-5-6(4-8(12)13)2-3-7(9(5)10)11(14)15/h2-3H,4H2,1H3,(H,12,13). The zero-order valence-corrected chi connectivity index (χ0v) is 8.61. The summed E-state index contributed by atoms with van der Waals surface area (Å²) in [5.41, 5.74) is 0.717. The molecule has 5 nitrogen and oxygen atoms in total. The Balaban J connectivity index is 3.21. The first-order chi connectivity index (χ1) is 6.93. The van der Waals surface area contributed by atoms with E-state index in [-0.39, 0.29) is 17.1 Å². The molecule has 0 spiro atoms. The van der Waals surface area contributed by atoms with Crippen molar-refractivity contribution in [3.63, 3.8) is 0 Å². The molecule has 15 heavy (non-hydrogen) atoms. The van der Waals surface area contributed by atoms with Gasteiger partial charge in [-0.25, -0.2) is 0 Å². The van der Waals surface area contributed by atoms with Gasteiger partial charge in [0.2, 0.25) is 0 Å². The van der Waals surface area contributed by atoms with Crippen molar-refractivity contribution in [3.8, 4) is 0 Å². The van der Waals surface area contributed by atoms with Crippen LogP contribution in [0.25, 0.3) is 0 Å². The third-order valence-corrected chi connectivity index (χ3v) is 2.49. The molecule has 6 heteroatoms. The molecule has 0 amide bonds. The predicted octanol–water partition coefficient (Wildman–Crippen LogP) is 2.18. The van der Waals surface area contributed by atoms with Crippen LogP contribution in [0.15, 0.2) is 12.1 Å². The van der Waals surface area contributed by atoms with Gasteiger partial charge in [-0.05, 0) is 18.1 Å². The lowest BCUT2D eigenvalue weighted by atomic mass is 10.1. The molecule has 0 saturated heterocycles. The minimum Gasteiger partial charge on any atom is -0.481 e. The van der Waals surface area contributed by atoms with Gasteiger partial charge in [0.15, 0.2) is 0 Å². The minimum atomic E-state index is -0.997. The molecule has 0 heterocycles. The number of nitro groups is 1. The lowest BCUT2D eigenvalue weighted by Crippen LogP contribution is -2.03. The SMILES string of the molecule is Cc1c(CC(=O)O)ccc([N+](=O)[O-])c1Cl. The molecule has 1 N–H and O–H groups in total. The molecule has 0 aliphatic carbocycles. The molecule has 0 atom stereocenters. The summed E-state index contributed by atoms with van der Waals surface area (Å²) in [7, 11) is 0. The van der Waals surface area contributed by atoms with Crippen LogP contribution in [0.4, 0.5) is 5.69 Å². The van der Waals surface area contributed by atoms with Gasteiger partial charge in [0.1, 0.15) is 5.02 Å². The third kappa shape index (κ3) is 2.44. The van der Waals surface area contributed by atoms with Crippen LogP contribution in [0, 0.1) is 17.0 Å². The molecule has 0 fully saturated rings. The van der Waals surface area contributed by atoms with Crippen molar-refractivity contribution in [1.29, 1.82) is 0 Å².